The number of piperazine rings is 1. The van der Waals surface area contributed by atoms with Gasteiger partial charge in [0.05, 0.1) is 0 Å². The van der Waals surface area contributed by atoms with Crippen molar-refractivity contribution in [3.8, 4) is 0 Å². The van der Waals surface area contributed by atoms with Gasteiger partial charge in [0.25, 0.3) is 0 Å². The minimum absolute atomic E-state index is 0.188. The molecule has 0 unspecified atom stereocenters. The third-order valence-electron chi connectivity index (χ3n) is 6.29. The van der Waals surface area contributed by atoms with Crippen LogP contribution in [0.5, 0.6) is 0 Å². The number of carbonyl (C=O) groups excluding carboxylic acids is 1. The molecule has 4 nitrogen and oxygen atoms in total. The molecule has 2 heterocycles. The van der Waals surface area contributed by atoms with Crippen LogP contribution in [0.25, 0.3) is 0 Å². The first-order valence-electron chi connectivity index (χ1n) is 12.1. The molecule has 1 fully saturated rings. The summed E-state index contributed by atoms with van der Waals surface area (Å²) in [6, 6.07) is 2.03. The van der Waals surface area contributed by atoms with Crippen LogP contribution in [0.4, 0.5) is 13.2 Å². The molecular weight excluding hydrogens is 427 g/mol. The van der Waals surface area contributed by atoms with E-state index in [1.54, 1.807) is 0 Å². The fourth-order valence-electron chi connectivity index (χ4n) is 4.61. The molecule has 0 bridgehead atoms. The van der Waals surface area contributed by atoms with Gasteiger partial charge in [-0.2, -0.15) is 13.2 Å². The second-order valence-electron chi connectivity index (χ2n) is 8.96. The van der Waals surface area contributed by atoms with E-state index in [1.807, 2.05) is 6.07 Å². The lowest BCUT2D eigenvalue weighted by Crippen LogP contribution is -2.46. The summed E-state index contributed by atoms with van der Waals surface area (Å²) < 4.78 is 33.4. The fraction of sp³-hybridized carbons (Fsp3) is 0.577. The number of carbonyl (C=O) groups is 1. The normalized spacial score (nSPS) is 22.8. The molecule has 33 heavy (non-hydrogen) atoms. The van der Waals surface area contributed by atoms with Gasteiger partial charge in [0.1, 0.15) is 0 Å². The summed E-state index contributed by atoms with van der Waals surface area (Å²) in [6.45, 7) is 7.04. The second kappa shape index (κ2) is 12.3. The number of unbranched alkanes of at least 4 members (excludes halogenated alkanes) is 1. The predicted molar refractivity (Wildman–Crippen MR) is 126 cm³/mol. The molecule has 7 heteroatoms. The molecule has 0 N–H and O–H groups in total. The number of alkyl halides is 3. The zero-order chi connectivity index (χ0) is 23.7. The fourth-order valence-corrected chi connectivity index (χ4v) is 4.61. The summed E-state index contributed by atoms with van der Waals surface area (Å²) in [5.74, 6) is 0.336. The Morgan fingerprint density at radius 1 is 0.970 bits per heavy atom. The molecular formula is C26H36F3N3O. The maximum Gasteiger partial charge on any atom is 0.386 e. The zero-order valence-corrected chi connectivity index (χ0v) is 19.6. The van der Waals surface area contributed by atoms with Crippen molar-refractivity contribution < 1.29 is 18.0 Å². The first kappa shape index (κ1) is 25.3. The van der Waals surface area contributed by atoms with Crippen molar-refractivity contribution in [3.63, 3.8) is 0 Å². The maximum atomic E-state index is 12.0. The number of halogens is 3. The predicted octanol–water partition coefficient (Wildman–Crippen LogP) is 5.76. The van der Waals surface area contributed by atoms with Gasteiger partial charge in [-0.3, -0.25) is 9.69 Å². The first-order valence-corrected chi connectivity index (χ1v) is 12.1. The van der Waals surface area contributed by atoms with Crippen molar-refractivity contribution in [1.82, 2.24) is 14.4 Å². The average Bonchev–Trinajstić information content (AvgIpc) is 3.15. The minimum atomic E-state index is -4.00. The molecule has 0 atom stereocenters. The number of aromatic nitrogens is 1. The molecule has 1 aliphatic heterocycles. The Bertz CT molecular complexity index is 853. The average molecular weight is 464 g/mol. The van der Waals surface area contributed by atoms with E-state index in [4.69, 9.17) is 0 Å². The lowest BCUT2D eigenvalue weighted by molar-refractivity contribution is -0.110. The smallest absolute Gasteiger partial charge is 0.372 e. The maximum absolute atomic E-state index is 12.0. The van der Waals surface area contributed by atoms with Crippen LogP contribution in [0.2, 0.25) is 0 Å². The topological polar surface area (TPSA) is 28.5 Å². The Morgan fingerprint density at radius 3 is 2.45 bits per heavy atom. The highest BCUT2D eigenvalue weighted by atomic mass is 19.4. The second-order valence-corrected chi connectivity index (χ2v) is 8.96. The van der Waals surface area contributed by atoms with E-state index >= 15 is 0 Å². The van der Waals surface area contributed by atoms with Crippen LogP contribution >= 0.6 is 0 Å². The van der Waals surface area contributed by atoms with Gasteiger partial charge in [0.2, 0.25) is 0 Å². The Morgan fingerprint density at radius 2 is 1.70 bits per heavy atom. The van der Waals surface area contributed by atoms with Crippen LogP contribution in [0.1, 0.15) is 61.5 Å². The number of rotatable bonds is 6. The number of Topliss-reactive ketones (excluding diaryl/α,β-unsaturated/α-hetero) is 1. The van der Waals surface area contributed by atoms with Gasteiger partial charge in [0.15, 0.2) is 5.78 Å². The van der Waals surface area contributed by atoms with Gasteiger partial charge in [0, 0.05) is 75.6 Å². The molecule has 0 saturated carbocycles. The summed E-state index contributed by atoms with van der Waals surface area (Å²) in [6.07, 6.45) is 16.8. The van der Waals surface area contributed by atoms with Crippen molar-refractivity contribution in [1.29, 1.82) is 0 Å². The first-order chi connectivity index (χ1) is 15.8. The number of aryl methyl sites for hydroxylation is 1. The van der Waals surface area contributed by atoms with E-state index in [0.29, 0.717) is 5.78 Å². The summed E-state index contributed by atoms with van der Waals surface area (Å²) in [4.78, 5) is 17.1. The molecule has 1 aromatic heterocycles. The van der Waals surface area contributed by atoms with Crippen LogP contribution in [0.3, 0.4) is 0 Å². The number of hydrogen-bond acceptors (Lipinski definition) is 3. The number of allylic oxidation sites excluding steroid dienone is 5. The van der Waals surface area contributed by atoms with E-state index in [1.165, 1.54) is 30.8 Å². The van der Waals surface area contributed by atoms with Gasteiger partial charge in [-0.1, -0.05) is 24.3 Å². The lowest BCUT2D eigenvalue weighted by atomic mass is 9.97. The molecule has 4 rings (SSSR count). The highest BCUT2D eigenvalue weighted by Gasteiger charge is 2.21. The summed E-state index contributed by atoms with van der Waals surface area (Å²) in [5, 5.41) is 0. The number of nitrogens with zero attached hydrogens (tertiary/aromatic N) is 3. The van der Waals surface area contributed by atoms with Crippen molar-refractivity contribution in [3.05, 3.63) is 59.6 Å². The minimum Gasteiger partial charge on any atom is -0.372 e. The largest absolute Gasteiger partial charge is 0.386 e. The van der Waals surface area contributed by atoms with Gasteiger partial charge in [-0.05, 0) is 50.8 Å². The molecule has 182 valence electrons. The van der Waals surface area contributed by atoms with Gasteiger partial charge < -0.3 is 9.47 Å². The molecule has 0 amide bonds. The summed E-state index contributed by atoms with van der Waals surface area (Å²) in [5.41, 5.74) is 3.72. The molecule has 3 aliphatic rings. The van der Waals surface area contributed by atoms with E-state index in [9.17, 15) is 18.0 Å². The monoisotopic (exact) mass is 463 g/mol. The van der Waals surface area contributed by atoms with Crippen LogP contribution in [0.15, 0.2) is 48.3 Å². The third-order valence-corrected chi connectivity index (χ3v) is 6.29. The molecule has 2 aliphatic carbocycles. The van der Waals surface area contributed by atoms with Gasteiger partial charge in [-0.15, -0.1) is 0 Å². The van der Waals surface area contributed by atoms with Gasteiger partial charge in [-0.25, -0.2) is 0 Å². The standard InChI is InChI=1S/C24H33N3O.C2H3F3/c28-24-12-8-11-23-22(24)13-16-27(23)15-7-6-14-25-17-19-26(20-18-25)21-9-4-2-1-3-5-10-21;1-2(3,4)5/h2-5,9,13,16H,1,6-8,10-12,14-15,17-20H2;1H3/b4-2-,5-3-,21-9+;. The Balaban J connectivity index is 0.000000555. The van der Waals surface area contributed by atoms with Crippen molar-refractivity contribution >= 4 is 5.78 Å². The number of hydrogen-bond donors (Lipinski definition) is 0. The Kier molecular flexibility index (Phi) is 9.41. The number of ketones is 1. The molecule has 0 aromatic carbocycles. The Hall–Kier alpha value is -2.28. The van der Waals surface area contributed by atoms with Crippen LogP contribution in [0, 0.1) is 0 Å². The summed E-state index contributed by atoms with van der Waals surface area (Å²) in [7, 11) is 0. The van der Waals surface area contributed by atoms with E-state index in [2.05, 4.69) is 50.9 Å². The highest BCUT2D eigenvalue weighted by molar-refractivity contribution is 5.98. The Labute approximate surface area is 195 Å². The third kappa shape index (κ3) is 8.54. The molecule has 0 spiro atoms. The van der Waals surface area contributed by atoms with E-state index in [0.717, 1.165) is 70.4 Å². The molecule has 1 saturated heterocycles. The van der Waals surface area contributed by atoms with Crippen LogP contribution < -0.4 is 0 Å². The van der Waals surface area contributed by atoms with Crippen molar-refractivity contribution in [2.24, 2.45) is 0 Å². The molecule has 0 radical (unpaired) electrons. The van der Waals surface area contributed by atoms with E-state index in [-0.39, 0.29) is 6.92 Å². The SMILES string of the molecule is CC(F)(F)F.O=C1CCCc2c1ccn2CCCCN1CCN(/C2=C/C=C\C/C=C\C2)CC1. The zero-order valence-electron chi connectivity index (χ0n) is 19.6. The lowest BCUT2D eigenvalue weighted by Gasteiger charge is -2.37. The van der Waals surface area contributed by atoms with Crippen molar-refractivity contribution in [2.75, 3.05) is 32.7 Å². The quantitative estimate of drug-likeness (QED) is 0.396. The van der Waals surface area contributed by atoms with Crippen LogP contribution in [-0.2, 0) is 13.0 Å². The van der Waals surface area contributed by atoms with Crippen molar-refractivity contribution in [2.45, 2.75) is 64.6 Å². The molecule has 1 aromatic rings. The van der Waals surface area contributed by atoms with E-state index < -0.39 is 6.18 Å². The van der Waals surface area contributed by atoms with Crippen LogP contribution in [-0.4, -0.2) is 59.1 Å². The van der Waals surface area contributed by atoms with Gasteiger partial charge >= 0.3 is 6.18 Å². The summed E-state index contributed by atoms with van der Waals surface area (Å²) >= 11 is 0. The number of fused-ring (bicyclic) bond motifs is 1. The highest BCUT2D eigenvalue weighted by Crippen LogP contribution is 2.23.